The average molecular weight is 311 g/mol. The van der Waals surface area contributed by atoms with Crippen molar-refractivity contribution >= 4 is 27.7 Å². The largest absolute Gasteiger partial charge is 0.326 e. The standard InChI is InChI=1S/C10H7BrN4O3/c11-5-2-1-3-12-8(5)15-9(17)6-4-7(16)14-10(18)13-6/h1-4H,(H,12,15,17)(H2,13,14,16,18). The Bertz CT molecular complexity index is 678. The summed E-state index contributed by atoms with van der Waals surface area (Å²) in [4.78, 5) is 42.0. The summed E-state index contributed by atoms with van der Waals surface area (Å²) in [5.74, 6) is -0.332. The third-order valence-corrected chi connectivity index (χ3v) is 2.64. The van der Waals surface area contributed by atoms with E-state index in [1.165, 1.54) is 6.20 Å². The number of pyridine rings is 1. The molecule has 8 heteroatoms. The van der Waals surface area contributed by atoms with E-state index in [9.17, 15) is 14.4 Å². The van der Waals surface area contributed by atoms with Crippen LogP contribution in [0.3, 0.4) is 0 Å². The number of hydrogen-bond acceptors (Lipinski definition) is 4. The molecule has 0 aliphatic heterocycles. The van der Waals surface area contributed by atoms with Crippen LogP contribution in [0, 0.1) is 0 Å². The normalized spacial score (nSPS) is 10.1. The first-order valence-corrected chi connectivity index (χ1v) is 5.61. The minimum atomic E-state index is -0.743. The lowest BCUT2D eigenvalue weighted by atomic mass is 10.3. The van der Waals surface area contributed by atoms with E-state index in [0.717, 1.165) is 6.07 Å². The summed E-state index contributed by atoms with van der Waals surface area (Å²) in [7, 11) is 0. The Kier molecular flexibility index (Phi) is 3.38. The molecule has 0 fully saturated rings. The van der Waals surface area contributed by atoms with Crippen molar-refractivity contribution in [1.82, 2.24) is 15.0 Å². The third-order valence-electron chi connectivity index (χ3n) is 2.00. The molecule has 0 aromatic carbocycles. The van der Waals surface area contributed by atoms with Crippen LogP contribution in [0.15, 0.2) is 38.5 Å². The van der Waals surface area contributed by atoms with Crippen molar-refractivity contribution in [2.75, 3.05) is 5.32 Å². The van der Waals surface area contributed by atoms with E-state index in [0.29, 0.717) is 10.3 Å². The summed E-state index contributed by atoms with van der Waals surface area (Å²) in [5.41, 5.74) is -1.53. The van der Waals surface area contributed by atoms with E-state index >= 15 is 0 Å². The van der Waals surface area contributed by atoms with Gasteiger partial charge in [-0.25, -0.2) is 9.78 Å². The van der Waals surface area contributed by atoms with Crippen molar-refractivity contribution in [1.29, 1.82) is 0 Å². The molecule has 0 radical (unpaired) electrons. The predicted octanol–water partition coefficient (Wildman–Crippen LogP) is 0.473. The van der Waals surface area contributed by atoms with E-state index < -0.39 is 17.2 Å². The van der Waals surface area contributed by atoms with Crippen LogP contribution in [-0.4, -0.2) is 20.9 Å². The molecule has 0 aliphatic rings. The number of aromatic nitrogens is 3. The van der Waals surface area contributed by atoms with Crippen LogP contribution in [-0.2, 0) is 0 Å². The number of hydrogen-bond donors (Lipinski definition) is 3. The fourth-order valence-corrected chi connectivity index (χ4v) is 1.60. The van der Waals surface area contributed by atoms with Crippen molar-refractivity contribution in [3.63, 3.8) is 0 Å². The molecule has 2 heterocycles. The Labute approximate surface area is 108 Å². The Balaban J connectivity index is 2.30. The number of carbonyl (C=O) groups excluding carboxylic acids is 1. The predicted molar refractivity (Wildman–Crippen MR) is 67.6 cm³/mol. The number of H-pyrrole nitrogens is 2. The topological polar surface area (TPSA) is 108 Å². The van der Waals surface area contributed by atoms with Crippen molar-refractivity contribution in [3.05, 3.63) is 55.4 Å². The van der Waals surface area contributed by atoms with Gasteiger partial charge in [-0.3, -0.25) is 14.6 Å². The first kappa shape index (κ1) is 12.2. The van der Waals surface area contributed by atoms with Gasteiger partial charge in [-0.1, -0.05) is 0 Å². The molecule has 3 N–H and O–H groups in total. The van der Waals surface area contributed by atoms with Gasteiger partial charge in [0.1, 0.15) is 11.5 Å². The Morgan fingerprint density at radius 3 is 2.78 bits per heavy atom. The maximum atomic E-state index is 11.8. The van der Waals surface area contributed by atoms with Gasteiger partial charge in [-0.05, 0) is 28.1 Å². The molecule has 0 spiro atoms. The number of nitrogens with zero attached hydrogens (tertiary/aromatic N) is 1. The molecule has 92 valence electrons. The second-order valence-corrected chi connectivity index (χ2v) is 4.14. The minimum Gasteiger partial charge on any atom is -0.304 e. The van der Waals surface area contributed by atoms with Gasteiger partial charge >= 0.3 is 5.69 Å². The second kappa shape index (κ2) is 4.96. The monoisotopic (exact) mass is 310 g/mol. The highest BCUT2D eigenvalue weighted by Crippen LogP contribution is 2.18. The van der Waals surface area contributed by atoms with Crippen LogP contribution < -0.4 is 16.6 Å². The van der Waals surface area contributed by atoms with Crippen LogP contribution in [0.25, 0.3) is 0 Å². The van der Waals surface area contributed by atoms with Gasteiger partial charge in [-0.2, -0.15) is 0 Å². The first-order chi connectivity index (χ1) is 8.56. The summed E-state index contributed by atoms with van der Waals surface area (Å²) < 4.78 is 0.588. The van der Waals surface area contributed by atoms with Gasteiger partial charge in [0, 0.05) is 12.3 Å². The lowest BCUT2D eigenvalue weighted by molar-refractivity contribution is 0.102. The molecule has 0 aliphatic carbocycles. The van der Waals surface area contributed by atoms with E-state index in [4.69, 9.17) is 0 Å². The van der Waals surface area contributed by atoms with Crippen LogP contribution in [0.1, 0.15) is 10.5 Å². The molecule has 0 saturated heterocycles. The molecule has 1 amide bonds. The first-order valence-electron chi connectivity index (χ1n) is 4.82. The van der Waals surface area contributed by atoms with Crippen molar-refractivity contribution < 1.29 is 4.79 Å². The smallest absolute Gasteiger partial charge is 0.304 e. The van der Waals surface area contributed by atoms with Crippen LogP contribution in [0.2, 0.25) is 0 Å². The highest BCUT2D eigenvalue weighted by Gasteiger charge is 2.10. The molecule has 0 unspecified atom stereocenters. The van der Waals surface area contributed by atoms with E-state index in [-0.39, 0.29) is 5.69 Å². The average Bonchev–Trinajstić information content (AvgIpc) is 2.31. The van der Waals surface area contributed by atoms with Gasteiger partial charge in [0.05, 0.1) is 4.47 Å². The third kappa shape index (κ3) is 2.72. The van der Waals surface area contributed by atoms with Crippen LogP contribution in [0.5, 0.6) is 0 Å². The Morgan fingerprint density at radius 1 is 1.33 bits per heavy atom. The van der Waals surface area contributed by atoms with Crippen molar-refractivity contribution in [2.45, 2.75) is 0 Å². The zero-order valence-electron chi connectivity index (χ0n) is 8.86. The zero-order chi connectivity index (χ0) is 13.1. The van der Waals surface area contributed by atoms with Crippen molar-refractivity contribution in [3.8, 4) is 0 Å². The van der Waals surface area contributed by atoms with Gasteiger partial charge in [0.25, 0.3) is 11.5 Å². The highest BCUT2D eigenvalue weighted by molar-refractivity contribution is 9.10. The second-order valence-electron chi connectivity index (χ2n) is 3.29. The fourth-order valence-electron chi connectivity index (χ4n) is 1.24. The summed E-state index contributed by atoms with van der Waals surface area (Å²) in [6.45, 7) is 0. The molecule has 18 heavy (non-hydrogen) atoms. The lowest BCUT2D eigenvalue weighted by Gasteiger charge is -2.05. The number of amides is 1. The molecule has 2 aromatic heterocycles. The minimum absolute atomic E-state index is 0.138. The number of anilines is 1. The maximum absolute atomic E-state index is 11.8. The molecule has 7 nitrogen and oxygen atoms in total. The quantitative estimate of drug-likeness (QED) is 0.749. The Morgan fingerprint density at radius 2 is 2.11 bits per heavy atom. The number of nitrogens with one attached hydrogen (secondary N) is 3. The molecular formula is C10H7BrN4O3. The summed E-state index contributed by atoms with van der Waals surface area (Å²) in [6, 6.07) is 4.38. The summed E-state index contributed by atoms with van der Waals surface area (Å²) >= 11 is 3.21. The zero-order valence-corrected chi connectivity index (χ0v) is 10.4. The van der Waals surface area contributed by atoms with Gasteiger partial charge < -0.3 is 10.3 Å². The Hall–Kier alpha value is -2.22. The van der Waals surface area contributed by atoms with Crippen LogP contribution >= 0.6 is 15.9 Å². The summed E-state index contributed by atoms with van der Waals surface area (Å²) in [5, 5.41) is 2.46. The van der Waals surface area contributed by atoms with Crippen molar-refractivity contribution in [2.24, 2.45) is 0 Å². The van der Waals surface area contributed by atoms with Gasteiger partial charge in [0.15, 0.2) is 0 Å². The number of rotatable bonds is 2. The van der Waals surface area contributed by atoms with Crippen LogP contribution in [0.4, 0.5) is 5.82 Å². The van der Waals surface area contributed by atoms with Gasteiger partial charge in [-0.15, -0.1) is 0 Å². The number of aromatic amines is 2. The molecular weight excluding hydrogens is 304 g/mol. The van der Waals surface area contributed by atoms with E-state index in [1.807, 2.05) is 4.98 Å². The molecule has 0 saturated carbocycles. The maximum Gasteiger partial charge on any atom is 0.326 e. The van der Waals surface area contributed by atoms with E-state index in [2.05, 4.69) is 31.2 Å². The summed E-state index contributed by atoms with van der Waals surface area (Å²) in [6.07, 6.45) is 1.50. The number of halogens is 1. The highest BCUT2D eigenvalue weighted by atomic mass is 79.9. The SMILES string of the molecule is O=C(Nc1ncccc1Br)c1cc(=O)[nH]c(=O)[nH]1. The molecule has 0 bridgehead atoms. The fraction of sp³-hybridized carbons (Fsp3) is 0. The lowest BCUT2D eigenvalue weighted by Crippen LogP contribution is -2.27. The molecule has 2 aromatic rings. The molecule has 0 atom stereocenters. The van der Waals surface area contributed by atoms with Gasteiger partial charge in [0.2, 0.25) is 0 Å². The number of carbonyl (C=O) groups is 1. The molecule has 2 rings (SSSR count). The van der Waals surface area contributed by atoms with E-state index in [1.54, 1.807) is 12.1 Å².